The molecule has 3 N–H and O–H groups in total. The zero-order chi connectivity index (χ0) is 17.4. The molecule has 0 saturated carbocycles. The quantitative estimate of drug-likeness (QED) is 0.688. The van der Waals surface area contributed by atoms with Gasteiger partial charge >= 0.3 is 12.0 Å². The maximum Gasteiger partial charge on any atom is 0.315 e. The first-order valence-corrected chi connectivity index (χ1v) is 7.75. The van der Waals surface area contributed by atoms with Crippen molar-refractivity contribution in [3.63, 3.8) is 0 Å². The zero-order valence-corrected chi connectivity index (χ0v) is 13.5. The van der Waals surface area contributed by atoms with Gasteiger partial charge in [-0.25, -0.2) is 4.79 Å². The van der Waals surface area contributed by atoms with Gasteiger partial charge in [-0.15, -0.1) is 0 Å². The highest BCUT2D eigenvalue weighted by atomic mass is 16.5. The Balaban J connectivity index is 1.88. The van der Waals surface area contributed by atoms with E-state index in [0.717, 1.165) is 11.3 Å². The van der Waals surface area contributed by atoms with Gasteiger partial charge in [0.05, 0.1) is 12.2 Å². The first-order chi connectivity index (χ1) is 11.5. The van der Waals surface area contributed by atoms with Gasteiger partial charge in [0.1, 0.15) is 0 Å². The molecule has 1 aromatic heterocycles. The van der Waals surface area contributed by atoms with Gasteiger partial charge in [0.15, 0.2) is 5.76 Å². The highest BCUT2D eigenvalue weighted by Gasteiger charge is 2.15. The van der Waals surface area contributed by atoms with Crippen molar-refractivity contribution in [3.8, 4) is 0 Å². The minimum atomic E-state index is -0.882. The number of benzene rings is 1. The monoisotopic (exact) mass is 331 g/mol. The molecule has 0 aliphatic carbocycles. The summed E-state index contributed by atoms with van der Waals surface area (Å²) in [4.78, 5) is 22.8. The Bertz CT molecular complexity index is 669. The fraction of sp³-hybridized carbons (Fsp3) is 0.353. The van der Waals surface area contributed by atoms with E-state index in [0.29, 0.717) is 18.6 Å². The number of hydrogen-bond donors (Lipinski definition) is 3. The fourth-order valence-corrected chi connectivity index (χ4v) is 2.33. The number of aryl methyl sites for hydroxylation is 1. The molecule has 2 rings (SSSR count). The maximum absolute atomic E-state index is 12.0. The van der Waals surface area contributed by atoms with Crippen molar-refractivity contribution >= 4 is 12.0 Å². The topological polar surface area (TPSA) is 104 Å². The van der Waals surface area contributed by atoms with Gasteiger partial charge in [0.2, 0.25) is 0 Å². The van der Waals surface area contributed by atoms with E-state index in [4.69, 9.17) is 9.63 Å². The lowest BCUT2D eigenvalue weighted by atomic mass is 10.0. The number of aromatic nitrogens is 1. The highest BCUT2D eigenvalue weighted by Crippen LogP contribution is 2.08. The first-order valence-electron chi connectivity index (χ1n) is 7.75. The molecule has 1 atom stereocenters. The normalized spacial score (nSPS) is 11.7. The van der Waals surface area contributed by atoms with Crippen LogP contribution in [0.4, 0.5) is 4.79 Å². The summed E-state index contributed by atoms with van der Waals surface area (Å²) in [6.45, 7) is 2.03. The first kappa shape index (κ1) is 17.5. The number of urea groups is 1. The van der Waals surface area contributed by atoms with Crippen molar-refractivity contribution in [2.45, 2.75) is 38.8 Å². The number of carbonyl (C=O) groups excluding carboxylic acids is 1. The third-order valence-corrected chi connectivity index (χ3v) is 3.47. The minimum absolute atomic E-state index is 0.000914. The summed E-state index contributed by atoms with van der Waals surface area (Å²) >= 11 is 0. The summed E-state index contributed by atoms with van der Waals surface area (Å²) in [5.74, 6) is -0.319. The number of amides is 2. The lowest BCUT2D eigenvalue weighted by molar-refractivity contribution is -0.137. The molecule has 1 unspecified atom stereocenters. The smallest absolute Gasteiger partial charge is 0.315 e. The summed E-state index contributed by atoms with van der Waals surface area (Å²) in [5.41, 5.74) is 1.79. The number of nitrogens with one attached hydrogen (secondary N) is 2. The Labute approximate surface area is 140 Å². The molecule has 2 amide bonds. The highest BCUT2D eigenvalue weighted by molar-refractivity contribution is 5.74. The number of carbonyl (C=O) groups is 2. The molecule has 0 radical (unpaired) electrons. The molecule has 0 saturated heterocycles. The van der Waals surface area contributed by atoms with Gasteiger partial charge in [-0.3, -0.25) is 4.79 Å². The Morgan fingerprint density at radius 2 is 2.04 bits per heavy atom. The van der Waals surface area contributed by atoms with Crippen LogP contribution in [0.15, 0.2) is 40.9 Å². The molecule has 0 aliphatic heterocycles. The number of carboxylic acid groups (broad SMARTS) is 1. The second kappa shape index (κ2) is 8.71. The molecule has 24 heavy (non-hydrogen) atoms. The van der Waals surface area contributed by atoms with E-state index in [2.05, 4.69) is 15.8 Å². The van der Waals surface area contributed by atoms with Crippen molar-refractivity contribution in [1.82, 2.24) is 15.8 Å². The van der Waals surface area contributed by atoms with E-state index in [-0.39, 0.29) is 25.0 Å². The Kier molecular flexibility index (Phi) is 6.36. The van der Waals surface area contributed by atoms with Crippen LogP contribution in [-0.4, -0.2) is 28.3 Å². The van der Waals surface area contributed by atoms with Gasteiger partial charge in [-0.1, -0.05) is 35.5 Å². The van der Waals surface area contributed by atoms with Crippen LogP contribution in [0.25, 0.3) is 0 Å². The average Bonchev–Trinajstić information content (AvgIpc) is 2.97. The van der Waals surface area contributed by atoms with E-state index in [9.17, 15) is 9.59 Å². The van der Waals surface area contributed by atoms with Crippen LogP contribution in [0.1, 0.15) is 29.9 Å². The minimum Gasteiger partial charge on any atom is -0.481 e. The SMILES string of the molecule is Cc1cc(CNC(=O)NC(CCC(=O)O)Cc2ccccc2)on1. The number of nitrogens with zero attached hydrogens (tertiary/aromatic N) is 1. The second-order valence-corrected chi connectivity index (χ2v) is 5.58. The predicted octanol–water partition coefficient (Wildman–Crippen LogP) is 2.26. The Morgan fingerprint density at radius 1 is 1.29 bits per heavy atom. The molecule has 0 aliphatic rings. The van der Waals surface area contributed by atoms with E-state index >= 15 is 0 Å². The largest absolute Gasteiger partial charge is 0.481 e. The van der Waals surface area contributed by atoms with Gasteiger partial charge in [0.25, 0.3) is 0 Å². The summed E-state index contributed by atoms with van der Waals surface area (Å²) < 4.78 is 5.02. The van der Waals surface area contributed by atoms with Crippen LogP contribution in [0.5, 0.6) is 0 Å². The van der Waals surface area contributed by atoms with Gasteiger partial charge < -0.3 is 20.3 Å². The van der Waals surface area contributed by atoms with Crippen LogP contribution in [0.2, 0.25) is 0 Å². The van der Waals surface area contributed by atoms with Gasteiger partial charge in [-0.2, -0.15) is 0 Å². The Hall–Kier alpha value is -2.83. The molecular weight excluding hydrogens is 310 g/mol. The summed E-state index contributed by atoms with van der Waals surface area (Å²) in [7, 11) is 0. The third kappa shape index (κ3) is 6.12. The molecule has 7 nitrogen and oxygen atoms in total. The van der Waals surface area contributed by atoms with Crippen molar-refractivity contribution in [1.29, 1.82) is 0 Å². The van der Waals surface area contributed by atoms with Crippen LogP contribution in [0.3, 0.4) is 0 Å². The Morgan fingerprint density at radius 3 is 2.67 bits per heavy atom. The van der Waals surface area contributed by atoms with Crippen molar-refractivity contribution in [2.75, 3.05) is 0 Å². The number of hydrogen-bond acceptors (Lipinski definition) is 4. The van der Waals surface area contributed by atoms with Gasteiger partial charge in [0, 0.05) is 18.5 Å². The maximum atomic E-state index is 12.0. The number of carboxylic acids is 1. The van der Waals surface area contributed by atoms with Crippen molar-refractivity contribution < 1.29 is 19.2 Å². The van der Waals surface area contributed by atoms with E-state index in [1.807, 2.05) is 30.3 Å². The predicted molar refractivity (Wildman–Crippen MR) is 87.4 cm³/mol. The number of rotatable bonds is 8. The molecule has 0 spiro atoms. The van der Waals surface area contributed by atoms with Gasteiger partial charge in [-0.05, 0) is 25.3 Å². The molecule has 128 valence electrons. The van der Waals surface area contributed by atoms with Crippen molar-refractivity contribution in [3.05, 3.63) is 53.4 Å². The van der Waals surface area contributed by atoms with Crippen LogP contribution in [0, 0.1) is 6.92 Å². The van der Waals surface area contributed by atoms with Crippen molar-refractivity contribution in [2.24, 2.45) is 0 Å². The van der Waals surface area contributed by atoms with Crippen LogP contribution < -0.4 is 10.6 Å². The molecule has 7 heteroatoms. The fourth-order valence-electron chi connectivity index (χ4n) is 2.33. The van der Waals surface area contributed by atoms with E-state index in [1.54, 1.807) is 13.0 Å². The van der Waals surface area contributed by atoms with Crippen LogP contribution in [-0.2, 0) is 17.8 Å². The summed E-state index contributed by atoms with van der Waals surface area (Å²) in [5, 5.41) is 18.1. The molecule has 2 aromatic rings. The molecule has 1 aromatic carbocycles. The number of aliphatic carboxylic acids is 1. The standard InChI is InChI=1S/C17H21N3O4/c1-12-9-15(24-20-12)11-18-17(23)19-14(7-8-16(21)22)10-13-5-3-2-4-6-13/h2-6,9,14H,7-8,10-11H2,1H3,(H,21,22)(H2,18,19,23). The molecule has 1 heterocycles. The van der Waals surface area contributed by atoms with E-state index in [1.165, 1.54) is 0 Å². The molecular formula is C17H21N3O4. The molecule has 0 fully saturated rings. The third-order valence-electron chi connectivity index (χ3n) is 3.47. The second-order valence-electron chi connectivity index (χ2n) is 5.58. The summed E-state index contributed by atoms with van der Waals surface area (Å²) in [6, 6.07) is 10.7. The zero-order valence-electron chi connectivity index (χ0n) is 13.5. The average molecular weight is 331 g/mol. The van der Waals surface area contributed by atoms with E-state index < -0.39 is 5.97 Å². The summed E-state index contributed by atoms with van der Waals surface area (Å²) in [6.07, 6.45) is 0.932. The lowest BCUT2D eigenvalue weighted by Crippen LogP contribution is -2.43. The lowest BCUT2D eigenvalue weighted by Gasteiger charge is -2.18. The molecule has 0 bridgehead atoms. The van der Waals surface area contributed by atoms with Crippen LogP contribution >= 0.6 is 0 Å².